The van der Waals surface area contributed by atoms with Gasteiger partial charge < -0.3 is 9.47 Å². The van der Waals surface area contributed by atoms with Gasteiger partial charge in [0.2, 0.25) is 5.91 Å². The Morgan fingerprint density at radius 3 is 2.04 bits per heavy atom. The topological polar surface area (TPSA) is 88.2 Å². The van der Waals surface area contributed by atoms with E-state index in [-0.39, 0.29) is 18.9 Å². The molecule has 0 aliphatic carbocycles. The molecule has 148 valence electrons. The molecule has 1 aromatic carbocycles. The average molecular weight is 377 g/mol. The Morgan fingerprint density at radius 2 is 1.52 bits per heavy atom. The van der Waals surface area contributed by atoms with Crippen molar-refractivity contribution < 1.29 is 23.9 Å². The lowest BCUT2D eigenvalue weighted by Gasteiger charge is -2.30. The van der Waals surface area contributed by atoms with Crippen molar-refractivity contribution in [3.8, 4) is 0 Å². The Morgan fingerprint density at radius 1 is 0.963 bits per heavy atom. The molecule has 1 aliphatic rings. The lowest BCUT2D eigenvalue weighted by Crippen LogP contribution is -2.45. The summed E-state index contributed by atoms with van der Waals surface area (Å²) < 4.78 is 10.6. The fraction of sp³-hybridized carbons (Fsp3) is 0.526. The first-order valence-corrected chi connectivity index (χ1v) is 8.79. The number of ether oxygens (including phenoxy) is 2. The molecular formula is C19H27N3O5. The van der Waals surface area contributed by atoms with Gasteiger partial charge in [-0.3, -0.25) is 10.1 Å². The summed E-state index contributed by atoms with van der Waals surface area (Å²) in [6, 6.07) is 6.57. The number of benzene rings is 1. The van der Waals surface area contributed by atoms with E-state index in [9.17, 15) is 14.4 Å². The summed E-state index contributed by atoms with van der Waals surface area (Å²) in [7, 11) is 0. The third-order valence-corrected chi connectivity index (χ3v) is 3.38. The largest absolute Gasteiger partial charge is 0.444 e. The van der Waals surface area contributed by atoms with Crippen molar-refractivity contribution in [2.75, 3.05) is 16.9 Å². The van der Waals surface area contributed by atoms with Crippen LogP contribution in [0, 0.1) is 0 Å². The molecule has 0 saturated carbocycles. The number of amides is 3. The van der Waals surface area contributed by atoms with Gasteiger partial charge >= 0.3 is 12.2 Å². The van der Waals surface area contributed by atoms with E-state index in [4.69, 9.17) is 9.47 Å². The van der Waals surface area contributed by atoms with Crippen LogP contribution in [0.25, 0.3) is 0 Å². The maximum Gasteiger partial charge on any atom is 0.429 e. The predicted molar refractivity (Wildman–Crippen MR) is 101 cm³/mol. The van der Waals surface area contributed by atoms with E-state index in [0.717, 1.165) is 0 Å². The molecule has 0 spiro atoms. The molecule has 1 fully saturated rings. The van der Waals surface area contributed by atoms with Crippen molar-refractivity contribution in [2.45, 2.75) is 59.2 Å². The van der Waals surface area contributed by atoms with Gasteiger partial charge in [0.1, 0.15) is 11.2 Å². The van der Waals surface area contributed by atoms with Gasteiger partial charge in [-0.15, -0.1) is 0 Å². The van der Waals surface area contributed by atoms with Crippen molar-refractivity contribution in [1.29, 1.82) is 0 Å². The van der Waals surface area contributed by atoms with Gasteiger partial charge in [-0.05, 0) is 65.8 Å². The molecule has 1 saturated heterocycles. The van der Waals surface area contributed by atoms with E-state index in [0.29, 0.717) is 11.4 Å². The summed E-state index contributed by atoms with van der Waals surface area (Å²) in [6.45, 7) is 10.9. The maximum absolute atomic E-state index is 12.4. The molecule has 1 aromatic rings. The second kappa shape index (κ2) is 7.46. The molecule has 0 aromatic heterocycles. The Bertz CT molecular complexity index is 716. The van der Waals surface area contributed by atoms with E-state index in [1.165, 1.54) is 10.0 Å². The number of hydrazine groups is 1. The first-order valence-electron chi connectivity index (χ1n) is 8.79. The fourth-order valence-electron chi connectivity index (χ4n) is 2.42. The summed E-state index contributed by atoms with van der Waals surface area (Å²) >= 11 is 0. The highest BCUT2D eigenvalue weighted by Gasteiger charge is 2.36. The van der Waals surface area contributed by atoms with Crippen molar-refractivity contribution in [3.63, 3.8) is 0 Å². The summed E-state index contributed by atoms with van der Waals surface area (Å²) in [6.07, 6.45) is -0.927. The quantitative estimate of drug-likeness (QED) is 0.844. The standard InChI is InChI=1S/C19H27N3O5/c1-18(2,3)26-16(24)20-13-7-9-14(10-8-13)22-15(23)11-12-21(22)17(25)27-19(4,5)6/h7-10H,11-12H2,1-6H3,(H,20,24). The summed E-state index contributed by atoms with van der Waals surface area (Å²) in [5.41, 5.74) is -0.225. The number of anilines is 2. The van der Waals surface area contributed by atoms with Gasteiger partial charge in [-0.1, -0.05) is 0 Å². The van der Waals surface area contributed by atoms with Crippen molar-refractivity contribution in [1.82, 2.24) is 5.01 Å². The highest BCUT2D eigenvalue weighted by Crippen LogP contribution is 2.26. The third-order valence-electron chi connectivity index (χ3n) is 3.38. The van der Waals surface area contributed by atoms with Crippen LogP contribution in [-0.2, 0) is 14.3 Å². The van der Waals surface area contributed by atoms with Crippen LogP contribution in [0.5, 0.6) is 0 Å². The third kappa shape index (κ3) is 5.87. The Kier molecular flexibility index (Phi) is 5.67. The van der Waals surface area contributed by atoms with Crippen LogP contribution in [0.2, 0.25) is 0 Å². The molecule has 8 heteroatoms. The second-order valence-corrected chi connectivity index (χ2v) is 8.23. The lowest BCUT2D eigenvalue weighted by molar-refractivity contribution is -0.118. The number of nitrogens with zero attached hydrogens (tertiary/aromatic N) is 2. The molecule has 0 unspecified atom stereocenters. The van der Waals surface area contributed by atoms with Crippen LogP contribution in [0.15, 0.2) is 24.3 Å². The summed E-state index contributed by atoms with van der Waals surface area (Å²) in [4.78, 5) is 36.5. The number of hydrogen-bond acceptors (Lipinski definition) is 5. The summed E-state index contributed by atoms with van der Waals surface area (Å²) in [5, 5.41) is 5.20. The second-order valence-electron chi connectivity index (χ2n) is 8.23. The molecule has 8 nitrogen and oxygen atoms in total. The van der Waals surface area contributed by atoms with Crippen LogP contribution in [0.1, 0.15) is 48.0 Å². The molecule has 2 rings (SSSR count). The van der Waals surface area contributed by atoms with E-state index in [1.807, 2.05) is 0 Å². The molecule has 27 heavy (non-hydrogen) atoms. The van der Waals surface area contributed by atoms with Crippen molar-refractivity contribution in [3.05, 3.63) is 24.3 Å². The maximum atomic E-state index is 12.4. The van der Waals surface area contributed by atoms with Crippen LogP contribution in [0.4, 0.5) is 21.0 Å². The predicted octanol–water partition coefficient (Wildman–Crippen LogP) is 3.92. The van der Waals surface area contributed by atoms with E-state index < -0.39 is 23.4 Å². The first kappa shape index (κ1) is 20.5. The van der Waals surface area contributed by atoms with Gasteiger partial charge in [-0.2, -0.15) is 0 Å². The minimum absolute atomic E-state index is 0.200. The van der Waals surface area contributed by atoms with E-state index in [2.05, 4.69) is 5.32 Å². The highest BCUT2D eigenvalue weighted by molar-refractivity contribution is 5.98. The van der Waals surface area contributed by atoms with Gasteiger partial charge in [0.05, 0.1) is 12.2 Å². The van der Waals surface area contributed by atoms with E-state index in [1.54, 1.807) is 65.8 Å². The number of nitrogens with one attached hydrogen (secondary N) is 1. The van der Waals surface area contributed by atoms with Gasteiger partial charge in [-0.25, -0.2) is 19.6 Å². The zero-order valence-electron chi connectivity index (χ0n) is 16.7. The Balaban J connectivity index is 2.11. The molecule has 0 atom stereocenters. The normalized spacial score (nSPS) is 15.0. The van der Waals surface area contributed by atoms with Gasteiger partial charge in [0.25, 0.3) is 0 Å². The monoisotopic (exact) mass is 377 g/mol. The van der Waals surface area contributed by atoms with Crippen molar-refractivity contribution >= 4 is 29.5 Å². The van der Waals surface area contributed by atoms with Crippen LogP contribution in [0.3, 0.4) is 0 Å². The Labute approximate surface area is 159 Å². The minimum atomic E-state index is -0.657. The number of hydrogen-bond donors (Lipinski definition) is 1. The zero-order chi connectivity index (χ0) is 20.4. The van der Waals surface area contributed by atoms with Crippen LogP contribution in [-0.4, -0.2) is 40.8 Å². The van der Waals surface area contributed by atoms with Crippen LogP contribution < -0.4 is 10.3 Å². The van der Waals surface area contributed by atoms with Crippen molar-refractivity contribution in [2.24, 2.45) is 0 Å². The fourth-order valence-corrected chi connectivity index (χ4v) is 2.42. The molecule has 1 heterocycles. The smallest absolute Gasteiger partial charge is 0.429 e. The SMILES string of the molecule is CC(C)(C)OC(=O)Nc1ccc(N2C(=O)CCN2C(=O)OC(C)(C)C)cc1. The molecular weight excluding hydrogens is 350 g/mol. The minimum Gasteiger partial charge on any atom is -0.444 e. The van der Waals surface area contributed by atoms with Crippen LogP contribution >= 0.6 is 0 Å². The molecule has 3 amide bonds. The van der Waals surface area contributed by atoms with Gasteiger partial charge in [0.15, 0.2) is 0 Å². The van der Waals surface area contributed by atoms with E-state index >= 15 is 0 Å². The summed E-state index contributed by atoms with van der Waals surface area (Å²) in [5.74, 6) is -0.200. The molecule has 1 N–H and O–H groups in total. The Hall–Kier alpha value is -2.77. The zero-order valence-corrected chi connectivity index (χ0v) is 16.7. The number of carbonyl (C=O) groups excluding carboxylic acids is 3. The molecule has 0 bridgehead atoms. The molecule has 0 radical (unpaired) electrons. The average Bonchev–Trinajstić information content (AvgIpc) is 2.86. The number of rotatable bonds is 2. The lowest BCUT2D eigenvalue weighted by atomic mass is 10.2. The highest BCUT2D eigenvalue weighted by atomic mass is 16.6. The van der Waals surface area contributed by atoms with Gasteiger partial charge in [0, 0.05) is 12.1 Å². The first-order chi connectivity index (χ1) is 12.4. The molecule has 1 aliphatic heterocycles. The number of carbonyl (C=O) groups is 3.